The summed E-state index contributed by atoms with van der Waals surface area (Å²) in [5.41, 5.74) is 0.882. The van der Waals surface area contributed by atoms with Gasteiger partial charge in [0.1, 0.15) is 0 Å². The highest BCUT2D eigenvalue weighted by Gasteiger charge is 2.30. The molecule has 0 aliphatic carbocycles. The Morgan fingerprint density at radius 2 is 1.80 bits per heavy atom. The number of anilines is 1. The summed E-state index contributed by atoms with van der Waals surface area (Å²) >= 11 is 5.20. The SMILES string of the molecule is CC[C@H](CNC(=S)Nc1cccc(C(F)(F)F)c1)Cc1ccccc1. The molecule has 1 atom stereocenters. The van der Waals surface area contributed by atoms with Crippen LogP contribution in [0.15, 0.2) is 54.6 Å². The molecule has 0 aliphatic rings. The zero-order valence-electron chi connectivity index (χ0n) is 13.9. The Morgan fingerprint density at radius 3 is 2.44 bits per heavy atom. The minimum Gasteiger partial charge on any atom is -0.362 e. The Labute approximate surface area is 151 Å². The quantitative estimate of drug-likeness (QED) is 0.682. The van der Waals surface area contributed by atoms with Crippen molar-refractivity contribution in [2.24, 2.45) is 5.92 Å². The van der Waals surface area contributed by atoms with Crippen molar-refractivity contribution in [1.82, 2.24) is 5.32 Å². The molecule has 0 amide bonds. The van der Waals surface area contributed by atoms with Gasteiger partial charge in [-0.25, -0.2) is 0 Å². The molecule has 0 unspecified atom stereocenters. The molecule has 0 fully saturated rings. The third kappa shape index (κ3) is 6.38. The Morgan fingerprint density at radius 1 is 1.08 bits per heavy atom. The first-order chi connectivity index (χ1) is 11.9. The molecule has 0 spiro atoms. The average Bonchev–Trinajstić information content (AvgIpc) is 2.59. The summed E-state index contributed by atoms with van der Waals surface area (Å²) in [6.07, 6.45) is -2.46. The van der Waals surface area contributed by atoms with Gasteiger partial charge >= 0.3 is 6.18 Å². The lowest BCUT2D eigenvalue weighted by Crippen LogP contribution is -2.33. The van der Waals surface area contributed by atoms with Gasteiger partial charge in [-0.1, -0.05) is 49.7 Å². The zero-order valence-corrected chi connectivity index (χ0v) is 14.8. The molecule has 2 aromatic carbocycles. The molecule has 0 aromatic heterocycles. The molecular weight excluding hydrogens is 345 g/mol. The molecule has 0 heterocycles. The summed E-state index contributed by atoms with van der Waals surface area (Å²) in [4.78, 5) is 0. The number of thiocarbonyl (C=S) groups is 1. The van der Waals surface area contributed by atoms with Crippen LogP contribution in [0.3, 0.4) is 0 Å². The first kappa shape index (κ1) is 19.2. The van der Waals surface area contributed by atoms with Crippen molar-refractivity contribution >= 4 is 23.0 Å². The van der Waals surface area contributed by atoms with Gasteiger partial charge in [0.25, 0.3) is 0 Å². The van der Waals surface area contributed by atoms with Crippen molar-refractivity contribution in [1.29, 1.82) is 0 Å². The average molecular weight is 366 g/mol. The molecule has 0 bridgehead atoms. The lowest BCUT2D eigenvalue weighted by atomic mass is 9.97. The molecule has 2 nitrogen and oxygen atoms in total. The normalized spacial score (nSPS) is 12.5. The van der Waals surface area contributed by atoms with E-state index in [0.29, 0.717) is 23.3 Å². The topological polar surface area (TPSA) is 24.1 Å². The summed E-state index contributed by atoms with van der Waals surface area (Å²) in [5.74, 6) is 0.392. The fraction of sp³-hybridized carbons (Fsp3) is 0.316. The number of nitrogens with one attached hydrogen (secondary N) is 2. The highest BCUT2D eigenvalue weighted by Crippen LogP contribution is 2.30. The fourth-order valence-electron chi connectivity index (χ4n) is 2.49. The van der Waals surface area contributed by atoms with E-state index in [4.69, 9.17) is 12.2 Å². The number of benzene rings is 2. The predicted molar refractivity (Wildman–Crippen MR) is 99.6 cm³/mol. The second-order valence-corrected chi connectivity index (χ2v) is 6.29. The van der Waals surface area contributed by atoms with E-state index < -0.39 is 11.7 Å². The molecule has 2 aromatic rings. The lowest BCUT2D eigenvalue weighted by Gasteiger charge is -2.18. The molecule has 2 rings (SSSR count). The van der Waals surface area contributed by atoms with Crippen LogP contribution in [-0.2, 0) is 12.6 Å². The van der Waals surface area contributed by atoms with E-state index in [-0.39, 0.29) is 0 Å². The Hall–Kier alpha value is -2.08. The number of halogens is 3. The van der Waals surface area contributed by atoms with Gasteiger partial charge in [0.2, 0.25) is 0 Å². The minimum atomic E-state index is -4.37. The Kier molecular flexibility index (Phi) is 6.82. The highest BCUT2D eigenvalue weighted by atomic mass is 32.1. The lowest BCUT2D eigenvalue weighted by molar-refractivity contribution is -0.137. The maximum atomic E-state index is 12.7. The van der Waals surface area contributed by atoms with Gasteiger partial charge < -0.3 is 10.6 Å². The number of hydrogen-bond donors (Lipinski definition) is 2. The summed E-state index contributed by atoms with van der Waals surface area (Å²) in [6.45, 7) is 2.77. The van der Waals surface area contributed by atoms with Crippen molar-refractivity contribution in [3.05, 3.63) is 65.7 Å². The number of rotatable bonds is 6. The molecule has 0 saturated carbocycles. The van der Waals surface area contributed by atoms with E-state index in [2.05, 4.69) is 29.7 Å². The number of alkyl halides is 3. The summed E-state index contributed by atoms with van der Waals surface area (Å²) in [6, 6.07) is 15.2. The zero-order chi connectivity index (χ0) is 18.3. The molecule has 134 valence electrons. The maximum Gasteiger partial charge on any atom is 0.416 e. The molecule has 6 heteroatoms. The second kappa shape index (κ2) is 8.85. The molecule has 0 aliphatic heterocycles. The number of hydrogen-bond acceptors (Lipinski definition) is 1. The molecule has 0 radical (unpaired) electrons. The van der Waals surface area contributed by atoms with Crippen LogP contribution in [0.25, 0.3) is 0 Å². The van der Waals surface area contributed by atoms with Gasteiger partial charge in [0, 0.05) is 12.2 Å². The third-order valence-corrected chi connectivity index (χ3v) is 4.19. The van der Waals surface area contributed by atoms with Crippen molar-refractivity contribution in [3.8, 4) is 0 Å². The first-order valence-corrected chi connectivity index (χ1v) is 8.55. The van der Waals surface area contributed by atoms with E-state index in [1.54, 1.807) is 6.07 Å². The van der Waals surface area contributed by atoms with E-state index >= 15 is 0 Å². The van der Waals surface area contributed by atoms with Crippen LogP contribution in [-0.4, -0.2) is 11.7 Å². The molecular formula is C19H21F3N2S. The summed E-state index contributed by atoms with van der Waals surface area (Å²) in [5, 5.41) is 6.24. The van der Waals surface area contributed by atoms with Crippen molar-refractivity contribution in [2.45, 2.75) is 25.9 Å². The molecule has 0 saturated heterocycles. The van der Waals surface area contributed by atoms with E-state index in [0.717, 1.165) is 25.0 Å². The van der Waals surface area contributed by atoms with Gasteiger partial charge in [0.15, 0.2) is 5.11 Å². The van der Waals surface area contributed by atoms with E-state index in [9.17, 15) is 13.2 Å². The summed E-state index contributed by atoms with van der Waals surface area (Å²) in [7, 11) is 0. The van der Waals surface area contributed by atoms with Gasteiger partial charge in [-0.15, -0.1) is 0 Å². The fourth-order valence-corrected chi connectivity index (χ4v) is 2.70. The minimum absolute atomic E-state index is 0.323. The van der Waals surface area contributed by atoms with Gasteiger partial charge in [-0.3, -0.25) is 0 Å². The maximum absolute atomic E-state index is 12.7. The predicted octanol–water partition coefficient (Wildman–Crippen LogP) is 5.26. The van der Waals surface area contributed by atoms with E-state index in [1.165, 1.54) is 11.6 Å². The molecule has 2 N–H and O–H groups in total. The third-order valence-electron chi connectivity index (χ3n) is 3.94. The smallest absolute Gasteiger partial charge is 0.362 e. The van der Waals surface area contributed by atoms with Crippen molar-refractivity contribution < 1.29 is 13.2 Å². The van der Waals surface area contributed by atoms with Crippen LogP contribution in [0.1, 0.15) is 24.5 Å². The first-order valence-electron chi connectivity index (χ1n) is 8.14. The van der Waals surface area contributed by atoms with E-state index in [1.807, 2.05) is 18.2 Å². The standard InChI is InChI=1S/C19H21F3N2S/c1-2-14(11-15-7-4-3-5-8-15)13-23-18(25)24-17-10-6-9-16(12-17)19(20,21)22/h3-10,12,14H,2,11,13H2,1H3,(H2,23,24,25)/t14-/m0/s1. The summed E-state index contributed by atoms with van der Waals surface area (Å²) < 4.78 is 38.2. The highest BCUT2D eigenvalue weighted by molar-refractivity contribution is 7.80. The molecule has 25 heavy (non-hydrogen) atoms. The van der Waals surface area contributed by atoms with Crippen LogP contribution in [0.4, 0.5) is 18.9 Å². The Balaban J connectivity index is 1.87. The second-order valence-electron chi connectivity index (χ2n) is 5.88. The van der Waals surface area contributed by atoms with Gasteiger partial charge in [-0.2, -0.15) is 13.2 Å². The van der Waals surface area contributed by atoms with Crippen LogP contribution >= 0.6 is 12.2 Å². The largest absolute Gasteiger partial charge is 0.416 e. The van der Waals surface area contributed by atoms with Crippen molar-refractivity contribution in [3.63, 3.8) is 0 Å². The van der Waals surface area contributed by atoms with Crippen LogP contribution < -0.4 is 10.6 Å². The monoisotopic (exact) mass is 366 g/mol. The van der Waals surface area contributed by atoms with Crippen LogP contribution in [0, 0.1) is 5.92 Å². The van der Waals surface area contributed by atoms with Crippen LogP contribution in [0.5, 0.6) is 0 Å². The Bertz CT molecular complexity index is 687. The van der Waals surface area contributed by atoms with Gasteiger partial charge in [0.05, 0.1) is 5.56 Å². The van der Waals surface area contributed by atoms with Gasteiger partial charge in [-0.05, 0) is 48.3 Å². The van der Waals surface area contributed by atoms with Crippen LogP contribution in [0.2, 0.25) is 0 Å². The van der Waals surface area contributed by atoms with Crippen molar-refractivity contribution in [2.75, 3.05) is 11.9 Å².